The molecule has 136 valence electrons. The van der Waals surface area contributed by atoms with Gasteiger partial charge in [0, 0.05) is 30.9 Å². The summed E-state index contributed by atoms with van der Waals surface area (Å²) in [7, 11) is 1.62. The molecule has 0 saturated carbocycles. The number of benzene rings is 2. The number of hydrogen-bond donors (Lipinski definition) is 1. The van der Waals surface area contributed by atoms with E-state index < -0.39 is 0 Å². The maximum absolute atomic E-state index is 13.0. The van der Waals surface area contributed by atoms with E-state index in [2.05, 4.69) is 10.2 Å². The Morgan fingerprint density at radius 1 is 1.23 bits per heavy atom. The Bertz CT molecular complexity index is 815. The Balaban J connectivity index is 1.58. The zero-order chi connectivity index (χ0) is 18.5. The number of ether oxygens (including phenoxy) is 1. The highest BCUT2D eigenvalue weighted by molar-refractivity contribution is 6.04. The second-order valence-corrected chi connectivity index (χ2v) is 6.48. The molecular weight excluding hydrogens is 331 g/mol. The fourth-order valence-electron chi connectivity index (χ4n) is 3.02. The molecule has 0 atom stereocenters. The van der Waals surface area contributed by atoms with Crippen LogP contribution in [0.1, 0.15) is 17.5 Å². The lowest BCUT2D eigenvalue weighted by atomic mass is 10.1. The third kappa shape index (κ3) is 4.49. The summed E-state index contributed by atoms with van der Waals surface area (Å²) in [5, 5.41) is 2.98. The number of halogens is 1. The molecule has 1 aliphatic heterocycles. The summed E-state index contributed by atoms with van der Waals surface area (Å²) in [4.78, 5) is 14.7. The second-order valence-electron chi connectivity index (χ2n) is 6.48. The molecule has 0 unspecified atom stereocenters. The molecule has 0 saturated heterocycles. The molecule has 26 heavy (non-hydrogen) atoms. The first kappa shape index (κ1) is 18.1. The minimum atomic E-state index is -0.222. The van der Waals surface area contributed by atoms with Gasteiger partial charge in [0.1, 0.15) is 11.6 Å². The predicted molar refractivity (Wildman–Crippen MR) is 101 cm³/mol. The van der Waals surface area contributed by atoms with Crippen molar-refractivity contribution in [3.8, 4) is 5.75 Å². The highest BCUT2D eigenvalue weighted by atomic mass is 19.1. The quantitative estimate of drug-likeness (QED) is 0.885. The number of rotatable bonds is 5. The average Bonchev–Trinajstić information content (AvgIpc) is 2.65. The monoisotopic (exact) mass is 354 g/mol. The number of nitrogens with zero attached hydrogens (tertiary/aromatic N) is 1. The third-order valence-corrected chi connectivity index (χ3v) is 4.59. The van der Waals surface area contributed by atoms with Crippen LogP contribution in [0.25, 0.3) is 0 Å². The lowest BCUT2D eigenvalue weighted by Gasteiger charge is -2.26. The van der Waals surface area contributed by atoms with Gasteiger partial charge in [0.2, 0.25) is 0 Å². The maximum Gasteiger partial charge on any atom is 0.251 e. The van der Waals surface area contributed by atoms with Crippen LogP contribution in [-0.4, -0.2) is 31.0 Å². The first-order valence-corrected chi connectivity index (χ1v) is 8.67. The zero-order valence-electron chi connectivity index (χ0n) is 15.1. The lowest BCUT2D eigenvalue weighted by Crippen LogP contribution is -2.31. The van der Waals surface area contributed by atoms with E-state index >= 15 is 0 Å². The van der Waals surface area contributed by atoms with Gasteiger partial charge in [-0.25, -0.2) is 4.39 Å². The Morgan fingerprint density at radius 2 is 2.00 bits per heavy atom. The summed E-state index contributed by atoms with van der Waals surface area (Å²) in [6, 6.07) is 12.1. The van der Waals surface area contributed by atoms with Crippen molar-refractivity contribution in [1.29, 1.82) is 0 Å². The smallest absolute Gasteiger partial charge is 0.251 e. The normalized spacial score (nSPS) is 14.7. The number of hydrogen-bond acceptors (Lipinski definition) is 3. The van der Waals surface area contributed by atoms with Crippen molar-refractivity contribution in [3.05, 3.63) is 71.1 Å². The van der Waals surface area contributed by atoms with Gasteiger partial charge in [-0.3, -0.25) is 9.69 Å². The van der Waals surface area contributed by atoms with Gasteiger partial charge in [0.25, 0.3) is 5.91 Å². The molecule has 1 amide bonds. The zero-order valence-corrected chi connectivity index (χ0v) is 15.1. The molecule has 3 rings (SSSR count). The molecule has 4 nitrogen and oxygen atoms in total. The molecule has 0 bridgehead atoms. The number of carbonyl (C=O) groups excluding carboxylic acids is 1. The topological polar surface area (TPSA) is 41.6 Å². The van der Waals surface area contributed by atoms with Crippen LogP contribution in [0.5, 0.6) is 5.75 Å². The van der Waals surface area contributed by atoms with Crippen molar-refractivity contribution < 1.29 is 13.9 Å². The van der Waals surface area contributed by atoms with Crippen molar-refractivity contribution in [2.45, 2.75) is 19.9 Å². The number of anilines is 1. The highest BCUT2D eigenvalue weighted by Crippen LogP contribution is 2.22. The Morgan fingerprint density at radius 3 is 2.62 bits per heavy atom. The van der Waals surface area contributed by atoms with E-state index in [1.54, 1.807) is 19.2 Å². The van der Waals surface area contributed by atoms with E-state index in [4.69, 9.17) is 4.74 Å². The molecule has 5 heteroatoms. The van der Waals surface area contributed by atoms with Gasteiger partial charge in [-0.15, -0.1) is 0 Å². The maximum atomic E-state index is 13.0. The molecule has 0 aliphatic carbocycles. The average molecular weight is 354 g/mol. The van der Waals surface area contributed by atoms with Crippen LogP contribution in [-0.2, 0) is 11.3 Å². The molecule has 1 heterocycles. The van der Waals surface area contributed by atoms with Gasteiger partial charge in [-0.2, -0.15) is 0 Å². The standard InChI is InChI=1S/C21H23FN2O2/c1-15-13-19(26-2)7-8-20(15)23-21(25)17-9-11-24(12-10-17)14-16-3-5-18(22)6-4-16/h3-9,13H,10-12,14H2,1-2H3,(H,23,25). The number of carbonyl (C=O) groups is 1. The number of aryl methyl sites for hydroxylation is 1. The van der Waals surface area contributed by atoms with Crippen LogP contribution in [0.15, 0.2) is 54.1 Å². The summed E-state index contributed by atoms with van der Waals surface area (Å²) in [6.45, 7) is 4.21. The van der Waals surface area contributed by atoms with Crippen LogP contribution in [0.2, 0.25) is 0 Å². The highest BCUT2D eigenvalue weighted by Gasteiger charge is 2.17. The molecule has 0 aromatic heterocycles. The minimum Gasteiger partial charge on any atom is -0.497 e. The van der Waals surface area contributed by atoms with Gasteiger partial charge in [0.15, 0.2) is 0 Å². The second kappa shape index (κ2) is 8.15. The summed E-state index contributed by atoms with van der Waals surface area (Å²) in [5.41, 5.74) is 3.63. The Kier molecular flexibility index (Phi) is 5.68. The first-order valence-electron chi connectivity index (χ1n) is 8.67. The van der Waals surface area contributed by atoms with Crippen LogP contribution >= 0.6 is 0 Å². The van der Waals surface area contributed by atoms with Crippen LogP contribution in [0, 0.1) is 12.7 Å². The van der Waals surface area contributed by atoms with Crippen molar-refractivity contribution in [3.63, 3.8) is 0 Å². The van der Waals surface area contributed by atoms with E-state index in [0.717, 1.165) is 41.2 Å². The number of amides is 1. The van der Waals surface area contributed by atoms with Crippen LogP contribution < -0.4 is 10.1 Å². The molecule has 0 radical (unpaired) electrons. The largest absolute Gasteiger partial charge is 0.497 e. The fraction of sp³-hybridized carbons (Fsp3) is 0.286. The Labute approximate surface area is 153 Å². The van der Waals surface area contributed by atoms with Crippen LogP contribution in [0.3, 0.4) is 0 Å². The van der Waals surface area contributed by atoms with E-state index in [9.17, 15) is 9.18 Å². The predicted octanol–water partition coefficient (Wildman–Crippen LogP) is 3.91. The molecule has 0 spiro atoms. The van der Waals surface area contributed by atoms with Gasteiger partial charge in [0.05, 0.1) is 7.11 Å². The molecular formula is C21H23FN2O2. The SMILES string of the molecule is COc1ccc(NC(=O)C2=CCN(Cc3ccc(F)cc3)CC2)c(C)c1. The van der Waals surface area contributed by atoms with Crippen LogP contribution in [0.4, 0.5) is 10.1 Å². The fourth-order valence-corrected chi connectivity index (χ4v) is 3.02. The number of nitrogens with one attached hydrogen (secondary N) is 1. The summed E-state index contributed by atoms with van der Waals surface area (Å²) in [5.74, 6) is 0.494. The van der Waals surface area contributed by atoms with Crippen molar-refractivity contribution >= 4 is 11.6 Å². The van der Waals surface area contributed by atoms with Gasteiger partial charge < -0.3 is 10.1 Å². The summed E-state index contributed by atoms with van der Waals surface area (Å²) >= 11 is 0. The molecule has 0 fully saturated rings. The van der Waals surface area contributed by atoms with Crippen molar-refractivity contribution in [2.24, 2.45) is 0 Å². The molecule has 2 aromatic rings. The lowest BCUT2D eigenvalue weighted by molar-refractivity contribution is -0.113. The third-order valence-electron chi connectivity index (χ3n) is 4.59. The minimum absolute atomic E-state index is 0.0558. The van der Waals surface area contributed by atoms with Gasteiger partial charge >= 0.3 is 0 Å². The molecule has 1 N–H and O–H groups in total. The van der Waals surface area contributed by atoms with E-state index in [1.807, 2.05) is 31.2 Å². The van der Waals surface area contributed by atoms with E-state index in [0.29, 0.717) is 13.0 Å². The van der Waals surface area contributed by atoms with Gasteiger partial charge in [-0.1, -0.05) is 18.2 Å². The molecule has 2 aromatic carbocycles. The van der Waals surface area contributed by atoms with Crippen molar-refractivity contribution in [2.75, 3.05) is 25.5 Å². The summed E-state index contributed by atoms with van der Waals surface area (Å²) < 4.78 is 18.2. The summed E-state index contributed by atoms with van der Waals surface area (Å²) in [6.07, 6.45) is 2.67. The van der Waals surface area contributed by atoms with Gasteiger partial charge in [-0.05, 0) is 54.8 Å². The number of methoxy groups -OCH3 is 1. The van der Waals surface area contributed by atoms with Crippen molar-refractivity contribution in [1.82, 2.24) is 4.90 Å². The Hall–Kier alpha value is -2.66. The van der Waals surface area contributed by atoms with E-state index in [1.165, 1.54) is 12.1 Å². The first-order chi connectivity index (χ1) is 12.5. The van der Waals surface area contributed by atoms with E-state index in [-0.39, 0.29) is 11.7 Å². The molecule has 1 aliphatic rings.